The third-order valence-corrected chi connectivity index (χ3v) is 3.32. The molecule has 1 unspecified atom stereocenters. The molecule has 0 aliphatic heterocycles. The van der Waals surface area contributed by atoms with Crippen molar-refractivity contribution in [2.75, 3.05) is 7.11 Å². The molecule has 13 heavy (non-hydrogen) atoms. The highest BCUT2D eigenvalue weighted by Crippen LogP contribution is 2.35. The van der Waals surface area contributed by atoms with Gasteiger partial charge in [0, 0.05) is 7.11 Å². The van der Waals surface area contributed by atoms with E-state index in [0.29, 0.717) is 0 Å². The lowest BCUT2D eigenvalue weighted by Gasteiger charge is -2.24. The van der Waals surface area contributed by atoms with Gasteiger partial charge in [0.25, 0.3) is 0 Å². The van der Waals surface area contributed by atoms with E-state index >= 15 is 0 Å². The maximum atomic E-state index is 6.00. The molecule has 1 rings (SSSR count). The van der Waals surface area contributed by atoms with E-state index in [-0.39, 0.29) is 11.0 Å². The lowest BCUT2D eigenvalue weighted by Crippen LogP contribution is -2.25. The van der Waals surface area contributed by atoms with E-state index in [9.17, 15) is 0 Å². The van der Waals surface area contributed by atoms with E-state index in [2.05, 4.69) is 13.0 Å². The predicted octanol–water partition coefficient (Wildman–Crippen LogP) is 3.52. The van der Waals surface area contributed by atoms with Gasteiger partial charge in [-0.15, -0.1) is 11.6 Å². The largest absolute Gasteiger partial charge is 0.374 e. The van der Waals surface area contributed by atoms with Crippen molar-refractivity contribution in [3.8, 4) is 0 Å². The number of halogens is 1. The summed E-state index contributed by atoms with van der Waals surface area (Å²) < 4.78 is 5.58. The average molecular weight is 203 g/mol. The van der Waals surface area contributed by atoms with Crippen LogP contribution in [0.4, 0.5) is 0 Å². The van der Waals surface area contributed by atoms with Crippen molar-refractivity contribution in [3.63, 3.8) is 0 Å². The van der Waals surface area contributed by atoms with Crippen molar-refractivity contribution in [1.29, 1.82) is 0 Å². The van der Waals surface area contributed by atoms with Crippen LogP contribution in [-0.4, -0.2) is 18.1 Å². The highest BCUT2D eigenvalue weighted by molar-refractivity contribution is 6.22. The summed E-state index contributed by atoms with van der Waals surface area (Å²) in [7, 11) is 1.80. The second-order valence-corrected chi connectivity index (χ2v) is 4.64. The van der Waals surface area contributed by atoms with Crippen LogP contribution in [0.15, 0.2) is 11.6 Å². The van der Waals surface area contributed by atoms with Crippen molar-refractivity contribution in [1.82, 2.24) is 0 Å². The Morgan fingerprint density at radius 3 is 2.38 bits per heavy atom. The lowest BCUT2D eigenvalue weighted by molar-refractivity contribution is 0.0380. The molecule has 0 N–H and O–H groups in total. The Morgan fingerprint density at radius 1 is 1.46 bits per heavy atom. The quantitative estimate of drug-likeness (QED) is 0.503. The summed E-state index contributed by atoms with van der Waals surface area (Å²) in [5.74, 6) is 0. The van der Waals surface area contributed by atoms with Crippen LogP contribution in [0.2, 0.25) is 0 Å². The van der Waals surface area contributed by atoms with Crippen molar-refractivity contribution in [3.05, 3.63) is 11.6 Å². The molecule has 1 atom stereocenters. The molecule has 0 aromatic rings. The number of rotatable bonds is 3. The Hall–Kier alpha value is -0.0100. The van der Waals surface area contributed by atoms with Crippen LogP contribution in [0.5, 0.6) is 0 Å². The van der Waals surface area contributed by atoms with Gasteiger partial charge < -0.3 is 4.74 Å². The zero-order chi connectivity index (χ0) is 9.90. The Morgan fingerprint density at radius 2 is 2.00 bits per heavy atom. The van der Waals surface area contributed by atoms with Crippen molar-refractivity contribution >= 4 is 11.6 Å². The number of ether oxygens (including phenoxy) is 1. The monoisotopic (exact) mass is 202 g/mol. The number of hydrogen-bond donors (Lipinski definition) is 0. The molecule has 0 aromatic carbocycles. The van der Waals surface area contributed by atoms with Crippen molar-refractivity contribution in [2.45, 2.75) is 50.5 Å². The number of alkyl halides is 1. The summed E-state index contributed by atoms with van der Waals surface area (Å²) in [6, 6.07) is 0. The highest BCUT2D eigenvalue weighted by Gasteiger charge is 2.31. The molecule has 0 heterocycles. The Labute approximate surface area is 86.1 Å². The molecule has 0 amide bonds. The maximum Gasteiger partial charge on any atom is 0.0861 e. The zero-order valence-corrected chi connectivity index (χ0v) is 9.53. The SMILES string of the molecule is COC1(/C=C(/C)C(C)Cl)CCCC1. The molecule has 2 heteroatoms. The maximum absolute atomic E-state index is 6.00. The minimum absolute atomic E-state index is 0.00671. The molecule has 1 aliphatic rings. The molecule has 1 saturated carbocycles. The molecule has 0 radical (unpaired) electrons. The first-order valence-corrected chi connectivity index (χ1v) is 5.42. The Kier molecular flexibility index (Phi) is 3.81. The summed E-state index contributed by atoms with van der Waals surface area (Å²) in [5, 5.41) is 0.118. The lowest BCUT2D eigenvalue weighted by atomic mass is 9.98. The fraction of sp³-hybridized carbons (Fsp3) is 0.818. The van der Waals surface area contributed by atoms with Crippen LogP contribution in [0.1, 0.15) is 39.5 Å². The van der Waals surface area contributed by atoms with Crippen LogP contribution < -0.4 is 0 Å². The molecule has 0 saturated heterocycles. The number of allylic oxidation sites excluding steroid dienone is 1. The van der Waals surface area contributed by atoms with Gasteiger partial charge >= 0.3 is 0 Å². The molecular weight excluding hydrogens is 184 g/mol. The second-order valence-electron chi connectivity index (χ2n) is 3.98. The van der Waals surface area contributed by atoms with E-state index in [1.807, 2.05) is 6.92 Å². The Balaban J connectivity index is 2.72. The van der Waals surface area contributed by atoms with Gasteiger partial charge in [0.2, 0.25) is 0 Å². The van der Waals surface area contributed by atoms with E-state index in [4.69, 9.17) is 16.3 Å². The summed E-state index contributed by atoms with van der Waals surface area (Å²) in [6.07, 6.45) is 7.05. The molecule has 1 aliphatic carbocycles. The van der Waals surface area contributed by atoms with Gasteiger partial charge in [-0.05, 0) is 26.7 Å². The fourth-order valence-corrected chi connectivity index (χ4v) is 1.97. The summed E-state index contributed by atoms with van der Waals surface area (Å²) in [5.41, 5.74) is 1.22. The third-order valence-electron chi connectivity index (χ3n) is 2.97. The molecule has 0 spiro atoms. The topological polar surface area (TPSA) is 9.23 Å². The first kappa shape index (κ1) is 11.1. The van der Waals surface area contributed by atoms with Crippen LogP contribution in [0.25, 0.3) is 0 Å². The number of hydrogen-bond acceptors (Lipinski definition) is 1. The van der Waals surface area contributed by atoms with Crippen LogP contribution in [0.3, 0.4) is 0 Å². The molecule has 0 aromatic heterocycles. The molecule has 0 bridgehead atoms. The van der Waals surface area contributed by atoms with Gasteiger partial charge in [-0.3, -0.25) is 0 Å². The molecule has 1 fully saturated rings. The molecular formula is C11H19ClO. The minimum atomic E-state index is -0.00671. The zero-order valence-electron chi connectivity index (χ0n) is 8.77. The van der Waals surface area contributed by atoms with Gasteiger partial charge in [0.05, 0.1) is 11.0 Å². The van der Waals surface area contributed by atoms with Crippen LogP contribution >= 0.6 is 11.6 Å². The standard InChI is InChI=1S/C11H19ClO/c1-9(10(2)12)8-11(13-3)6-4-5-7-11/h8,10H,4-7H2,1-3H3/b9-8-. The van der Waals surface area contributed by atoms with Crippen molar-refractivity contribution < 1.29 is 4.74 Å². The number of methoxy groups -OCH3 is 1. The summed E-state index contributed by atoms with van der Waals surface area (Å²) in [6.45, 7) is 4.09. The first-order valence-electron chi connectivity index (χ1n) is 4.98. The van der Waals surface area contributed by atoms with Gasteiger partial charge in [-0.1, -0.05) is 24.5 Å². The minimum Gasteiger partial charge on any atom is -0.374 e. The summed E-state index contributed by atoms with van der Waals surface area (Å²) >= 11 is 6.00. The van der Waals surface area contributed by atoms with E-state index in [1.165, 1.54) is 18.4 Å². The third kappa shape index (κ3) is 2.72. The van der Waals surface area contributed by atoms with E-state index in [1.54, 1.807) is 7.11 Å². The predicted molar refractivity (Wildman–Crippen MR) is 57.3 cm³/mol. The average Bonchev–Trinajstić information content (AvgIpc) is 2.54. The normalized spacial score (nSPS) is 24.8. The van der Waals surface area contributed by atoms with Gasteiger partial charge in [-0.2, -0.15) is 0 Å². The van der Waals surface area contributed by atoms with Gasteiger partial charge in [0.15, 0.2) is 0 Å². The van der Waals surface area contributed by atoms with Gasteiger partial charge in [-0.25, -0.2) is 0 Å². The smallest absolute Gasteiger partial charge is 0.0861 e. The molecule has 76 valence electrons. The Bertz CT molecular complexity index is 190. The van der Waals surface area contributed by atoms with Gasteiger partial charge in [0.1, 0.15) is 0 Å². The second kappa shape index (κ2) is 4.47. The summed E-state index contributed by atoms with van der Waals surface area (Å²) in [4.78, 5) is 0. The highest BCUT2D eigenvalue weighted by atomic mass is 35.5. The van der Waals surface area contributed by atoms with Crippen LogP contribution in [0, 0.1) is 0 Å². The molecule has 1 nitrogen and oxygen atoms in total. The fourth-order valence-electron chi connectivity index (χ4n) is 1.91. The van der Waals surface area contributed by atoms with E-state index < -0.39 is 0 Å². The van der Waals surface area contributed by atoms with Crippen molar-refractivity contribution in [2.24, 2.45) is 0 Å². The van der Waals surface area contributed by atoms with E-state index in [0.717, 1.165) is 12.8 Å². The van der Waals surface area contributed by atoms with Crippen LogP contribution in [-0.2, 0) is 4.74 Å². The first-order chi connectivity index (χ1) is 6.09.